The summed E-state index contributed by atoms with van der Waals surface area (Å²) in [6, 6.07) is 6.38. The van der Waals surface area contributed by atoms with Crippen molar-refractivity contribution in [3.63, 3.8) is 0 Å². The Morgan fingerprint density at radius 2 is 2.08 bits per heavy atom. The predicted octanol–water partition coefficient (Wildman–Crippen LogP) is 1.86. The molecule has 0 radical (unpaired) electrons. The van der Waals surface area contributed by atoms with Gasteiger partial charge in [-0.15, -0.1) is 5.10 Å². The highest BCUT2D eigenvalue weighted by Gasteiger charge is 2.22. The number of rotatable bonds is 5. The number of piperidine rings is 1. The lowest BCUT2D eigenvalue weighted by atomic mass is 9.97. The lowest BCUT2D eigenvalue weighted by Crippen LogP contribution is -2.38. The van der Waals surface area contributed by atoms with Crippen LogP contribution in [0.3, 0.4) is 0 Å². The molecule has 1 saturated heterocycles. The number of hydrogen-bond donors (Lipinski definition) is 1. The highest BCUT2D eigenvalue weighted by molar-refractivity contribution is 5.91. The maximum atomic E-state index is 13.6. The molecular weight excluding hydrogens is 323 g/mol. The zero-order valence-corrected chi connectivity index (χ0v) is 13.9. The molecular formula is C18H21FN4O2. The van der Waals surface area contributed by atoms with Gasteiger partial charge in [-0.05, 0) is 30.9 Å². The smallest absolute Gasteiger partial charge is 0.246 e. The molecule has 0 aliphatic carbocycles. The van der Waals surface area contributed by atoms with Crippen LogP contribution in [0.1, 0.15) is 24.1 Å². The minimum absolute atomic E-state index is 0.0926. The Hall–Kier alpha value is -2.54. The van der Waals surface area contributed by atoms with Crippen molar-refractivity contribution in [2.75, 3.05) is 13.1 Å². The first-order chi connectivity index (χ1) is 12.2. The van der Waals surface area contributed by atoms with Gasteiger partial charge in [-0.1, -0.05) is 23.4 Å². The third kappa shape index (κ3) is 4.51. The Morgan fingerprint density at radius 1 is 1.32 bits per heavy atom. The number of carbonyl (C=O) groups excluding carboxylic acids is 1. The fourth-order valence-electron chi connectivity index (χ4n) is 2.98. The van der Waals surface area contributed by atoms with E-state index in [1.807, 2.05) is 0 Å². The zero-order valence-electron chi connectivity index (χ0n) is 13.9. The molecule has 25 heavy (non-hydrogen) atoms. The molecule has 1 amide bonds. The molecule has 0 atom stereocenters. The maximum Gasteiger partial charge on any atom is 0.246 e. The van der Waals surface area contributed by atoms with Crippen LogP contribution in [0, 0.1) is 11.7 Å². The second kappa shape index (κ2) is 8.02. The molecule has 6 nitrogen and oxygen atoms in total. The second-order valence-corrected chi connectivity index (χ2v) is 6.21. The Morgan fingerprint density at radius 3 is 2.76 bits per heavy atom. The van der Waals surface area contributed by atoms with Crippen molar-refractivity contribution < 1.29 is 14.3 Å². The molecule has 0 saturated carbocycles. The summed E-state index contributed by atoms with van der Waals surface area (Å²) in [6.45, 7) is 1.97. The number of benzene rings is 1. The lowest BCUT2D eigenvalue weighted by molar-refractivity contribution is -0.127. The maximum absolute atomic E-state index is 13.6. The largest absolute Gasteiger partial charge is 0.390 e. The van der Waals surface area contributed by atoms with E-state index in [-0.39, 0.29) is 18.3 Å². The Labute approximate surface area is 145 Å². The van der Waals surface area contributed by atoms with Gasteiger partial charge in [-0.3, -0.25) is 9.48 Å². The van der Waals surface area contributed by atoms with Crippen LogP contribution in [0.5, 0.6) is 0 Å². The SMILES string of the molecule is O=C(/C=C/c1ccccc1F)N1CCC(Cn2cc(CO)nn2)CC1. The number of nitrogens with zero attached hydrogens (tertiary/aromatic N) is 4. The quantitative estimate of drug-likeness (QED) is 0.841. The van der Waals surface area contributed by atoms with E-state index in [0.717, 1.165) is 19.4 Å². The van der Waals surface area contributed by atoms with Crippen LogP contribution in [0.4, 0.5) is 4.39 Å². The van der Waals surface area contributed by atoms with Gasteiger partial charge in [0.25, 0.3) is 0 Å². The van der Waals surface area contributed by atoms with Crippen LogP contribution < -0.4 is 0 Å². The Balaban J connectivity index is 1.50. The summed E-state index contributed by atoms with van der Waals surface area (Å²) in [7, 11) is 0. The average molecular weight is 344 g/mol. The predicted molar refractivity (Wildman–Crippen MR) is 90.7 cm³/mol. The van der Waals surface area contributed by atoms with E-state index in [0.29, 0.717) is 30.3 Å². The van der Waals surface area contributed by atoms with Gasteiger partial charge >= 0.3 is 0 Å². The molecule has 0 spiro atoms. The molecule has 7 heteroatoms. The lowest BCUT2D eigenvalue weighted by Gasteiger charge is -2.31. The van der Waals surface area contributed by atoms with E-state index in [9.17, 15) is 9.18 Å². The number of halogens is 1. The molecule has 0 bridgehead atoms. The standard InChI is InChI=1S/C18H21FN4O2/c19-17-4-2-1-3-15(17)5-6-18(25)22-9-7-14(8-10-22)11-23-12-16(13-24)20-21-23/h1-6,12,14,24H,7-11,13H2/b6-5+. The van der Waals surface area contributed by atoms with Gasteiger partial charge in [0.2, 0.25) is 5.91 Å². The first kappa shape index (κ1) is 17.3. The van der Waals surface area contributed by atoms with Crippen LogP contribution >= 0.6 is 0 Å². The summed E-state index contributed by atoms with van der Waals surface area (Å²) in [5.74, 6) is -0.00166. The van der Waals surface area contributed by atoms with Crippen LogP contribution in [-0.4, -0.2) is 44.0 Å². The summed E-state index contributed by atoms with van der Waals surface area (Å²) in [4.78, 5) is 14.0. The number of hydrogen-bond acceptors (Lipinski definition) is 4. The van der Waals surface area contributed by atoms with Crippen LogP contribution in [0.2, 0.25) is 0 Å². The number of aliphatic hydroxyl groups excluding tert-OH is 1. The fraction of sp³-hybridized carbons (Fsp3) is 0.389. The molecule has 3 rings (SSSR count). The summed E-state index contributed by atoms with van der Waals surface area (Å²) in [5, 5.41) is 16.9. The third-order valence-electron chi connectivity index (χ3n) is 4.43. The molecule has 1 aliphatic heterocycles. The molecule has 1 N–H and O–H groups in total. The fourth-order valence-corrected chi connectivity index (χ4v) is 2.98. The van der Waals surface area contributed by atoms with Gasteiger partial charge in [0, 0.05) is 31.3 Å². The normalized spacial score (nSPS) is 15.8. The first-order valence-electron chi connectivity index (χ1n) is 8.37. The molecule has 0 unspecified atom stereocenters. The highest BCUT2D eigenvalue weighted by Crippen LogP contribution is 2.19. The minimum atomic E-state index is -0.333. The second-order valence-electron chi connectivity index (χ2n) is 6.21. The van der Waals surface area contributed by atoms with Crippen LogP contribution in [0.25, 0.3) is 6.08 Å². The average Bonchev–Trinajstić information content (AvgIpc) is 3.09. The van der Waals surface area contributed by atoms with E-state index in [4.69, 9.17) is 5.11 Å². The van der Waals surface area contributed by atoms with Gasteiger partial charge < -0.3 is 10.0 Å². The van der Waals surface area contributed by atoms with Gasteiger partial charge in [0.15, 0.2) is 0 Å². The summed E-state index contributed by atoms with van der Waals surface area (Å²) < 4.78 is 15.3. The van der Waals surface area contributed by atoms with Gasteiger partial charge in [0.05, 0.1) is 12.8 Å². The van der Waals surface area contributed by atoms with Crippen LogP contribution in [-0.2, 0) is 17.9 Å². The van der Waals surface area contributed by atoms with E-state index in [1.54, 1.807) is 34.0 Å². The van der Waals surface area contributed by atoms with Crippen molar-refractivity contribution in [3.8, 4) is 0 Å². The monoisotopic (exact) mass is 344 g/mol. The van der Waals surface area contributed by atoms with Crippen molar-refractivity contribution in [2.24, 2.45) is 5.92 Å². The van der Waals surface area contributed by atoms with Crippen molar-refractivity contribution in [3.05, 3.63) is 53.6 Å². The van der Waals surface area contributed by atoms with Crippen molar-refractivity contribution in [2.45, 2.75) is 26.0 Å². The van der Waals surface area contributed by atoms with E-state index < -0.39 is 0 Å². The number of carbonyl (C=O) groups is 1. The number of amides is 1. The molecule has 1 aromatic carbocycles. The van der Waals surface area contributed by atoms with E-state index >= 15 is 0 Å². The van der Waals surface area contributed by atoms with Crippen LogP contribution in [0.15, 0.2) is 36.5 Å². The van der Waals surface area contributed by atoms with Gasteiger partial charge in [-0.2, -0.15) is 0 Å². The zero-order chi connectivity index (χ0) is 17.6. The van der Waals surface area contributed by atoms with E-state index in [1.165, 1.54) is 18.2 Å². The number of likely N-dealkylation sites (tertiary alicyclic amines) is 1. The third-order valence-corrected chi connectivity index (χ3v) is 4.43. The van der Waals surface area contributed by atoms with Crippen molar-refractivity contribution in [1.82, 2.24) is 19.9 Å². The van der Waals surface area contributed by atoms with Crippen molar-refractivity contribution in [1.29, 1.82) is 0 Å². The van der Waals surface area contributed by atoms with Crippen molar-refractivity contribution >= 4 is 12.0 Å². The topological polar surface area (TPSA) is 71.2 Å². The van der Waals surface area contributed by atoms with Gasteiger partial charge in [-0.25, -0.2) is 4.39 Å². The summed E-state index contributed by atoms with van der Waals surface area (Å²) >= 11 is 0. The number of aliphatic hydroxyl groups is 1. The Kier molecular flexibility index (Phi) is 5.55. The number of aromatic nitrogens is 3. The molecule has 132 valence electrons. The van der Waals surface area contributed by atoms with E-state index in [2.05, 4.69) is 10.3 Å². The molecule has 2 heterocycles. The molecule has 1 aliphatic rings. The molecule has 1 fully saturated rings. The summed E-state index contributed by atoms with van der Waals surface area (Å²) in [5.41, 5.74) is 0.975. The molecule has 2 aromatic rings. The summed E-state index contributed by atoms with van der Waals surface area (Å²) in [6.07, 6.45) is 6.47. The highest BCUT2D eigenvalue weighted by atomic mass is 19.1. The van der Waals surface area contributed by atoms with Gasteiger partial charge in [0.1, 0.15) is 11.5 Å². The minimum Gasteiger partial charge on any atom is -0.390 e. The Bertz CT molecular complexity index is 751. The first-order valence-corrected chi connectivity index (χ1v) is 8.37. The molecule has 1 aromatic heterocycles.